The molecule has 0 aliphatic rings. The predicted octanol–water partition coefficient (Wildman–Crippen LogP) is 4.90. The molecule has 0 saturated carbocycles. The quantitative estimate of drug-likeness (QED) is 0.532. The second-order valence-electron chi connectivity index (χ2n) is 6.60. The number of carbonyl (C=O) groups excluding carboxylic acids is 1. The van der Waals surface area contributed by atoms with E-state index in [-0.39, 0.29) is 5.91 Å². The van der Waals surface area contributed by atoms with Crippen LogP contribution >= 0.6 is 11.3 Å². The van der Waals surface area contributed by atoms with Gasteiger partial charge < -0.3 is 10.6 Å². The van der Waals surface area contributed by atoms with Gasteiger partial charge in [0.05, 0.1) is 5.39 Å². The van der Waals surface area contributed by atoms with Crippen molar-refractivity contribution in [2.45, 2.75) is 26.8 Å². The standard InChI is InChI=1S/C21H20N4OS/c1-12-14(3)27-21-18(12)19(22-11-23-21)24-13(2)20(26)25-17-9-8-15-6-4-5-7-16(15)10-17/h4-11,13H,1-3H3,(H,25,26)(H,22,23,24)/t13-/m1/s1. The lowest BCUT2D eigenvalue weighted by atomic mass is 10.1. The number of aryl methyl sites for hydroxylation is 2. The molecule has 5 nitrogen and oxygen atoms in total. The van der Waals surface area contributed by atoms with Crippen molar-refractivity contribution in [3.8, 4) is 0 Å². The smallest absolute Gasteiger partial charge is 0.246 e. The topological polar surface area (TPSA) is 66.9 Å². The van der Waals surface area contributed by atoms with Gasteiger partial charge in [-0.15, -0.1) is 11.3 Å². The van der Waals surface area contributed by atoms with Gasteiger partial charge >= 0.3 is 0 Å². The summed E-state index contributed by atoms with van der Waals surface area (Å²) in [5.74, 6) is 0.588. The molecule has 0 unspecified atom stereocenters. The Hall–Kier alpha value is -2.99. The first-order valence-electron chi connectivity index (χ1n) is 8.80. The summed E-state index contributed by atoms with van der Waals surface area (Å²) in [4.78, 5) is 23.5. The van der Waals surface area contributed by atoms with Gasteiger partial charge in [0, 0.05) is 10.6 Å². The van der Waals surface area contributed by atoms with Crippen LogP contribution in [0.5, 0.6) is 0 Å². The summed E-state index contributed by atoms with van der Waals surface area (Å²) in [5, 5.41) is 9.45. The Morgan fingerprint density at radius 2 is 1.85 bits per heavy atom. The van der Waals surface area contributed by atoms with E-state index >= 15 is 0 Å². The van der Waals surface area contributed by atoms with Gasteiger partial charge in [0.25, 0.3) is 0 Å². The molecule has 2 heterocycles. The summed E-state index contributed by atoms with van der Waals surface area (Å²) < 4.78 is 0. The largest absolute Gasteiger partial charge is 0.358 e. The number of nitrogens with zero attached hydrogens (tertiary/aromatic N) is 2. The molecule has 0 aliphatic carbocycles. The van der Waals surface area contributed by atoms with Crippen molar-refractivity contribution in [2.75, 3.05) is 10.6 Å². The van der Waals surface area contributed by atoms with Crippen LogP contribution in [0.2, 0.25) is 0 Å². The monoisotopic (exact) mass is 376 g/mol. The van der Waals surface area contributed by atoms with E-state index in [9.17, 15) is 4.79 Å². The summed E-state index contributed by atoms with van der Waals surface area (Å²) >= 11 is 1.64. The number of hydrogen-bond acceptors (Lipinski definition) is 5. The molecule has 0 saturated heterocycles. The zero-order chi connectivity index (χ0) is 19.0. The Labute approximate surface area is 161 Å². The fourth-order valence-corrected chi connectivity index (χ4v) is 4.08. The van der Waals surface area contributed by atoms with Gasteiger partial charge in [-0.05, 0) is 49.2 Å². The molecule has 2 aromatic heterocycles. The lowest BCUT2D eigenvalue weighted by Crippen LogP contribution is -2.32. The fraction of sp³-hybridized carbons (Fsp3) is 0.190. The summed E-state index contributed by atoms with van der Waals surface area (Å²) in [6, 6.07) is 13.6. The van der Waals surface area contributed by atoms with Crippen molar-refractivity contribution in [1.29, 1.82) is 0 Å². The molecule has 27 heavy (non-hydrogen) atoms. The number of aromatic nitrogens is 2. The number of nitrogens with one attached hydrogen (secondary N) is 2. The first-order chi connectivity index (χ1) is 13.0. The number of benzene rings is 2. The first-order valence-corrected chi connectivity index (χ1v) is 9.61. The maximum atomic E-state index is 12.7. The third-order valence-electron chi connectivity index (χ3n) is 4.73. The summed E-state index contributed by atoms with van der Waals surface area (Å²) in [6.45, 7) is 5.96. The SMILES string of the molecule is Cc1sc2ncnc(N[C@H](C)C(=O)Nc3ccc4ccccc4c3)c2c1C. The highest BCUT2D eigenvalue weighted by Gasteiger charge is 2.17. The van der Waals surface area contributed by atoms with Crippen molar-refractivity contribution < 1.29 is 4.79 Å². The van der Waals surface area contributed by atoms with Crippen LogP contribution in [0, 0.1) is 13.8 Å². The second-order valence-corrected chi connectivity index (χ2v) is 7.81. The molecule has 0 fully saturated rings. The van der Waals surface area contributed by atoms with Gasteiger partial charge in [0.1, 0.15) is 23.0 Å². The molecule has 0 aliphatic heterocycles. The molecule has 2 N–H and O–H groups in total. The van der Waals surface area contributed by atoms with Crippen molar-refractivity contribution >= 4 is 49.7 Å². The van der Waals surface area contributed by atoms with E-state index in [1.54, 1.807) is 11.3 Å². The van der Waals surface area contributed by atoms with Crippen molar-refractivity contribution in [1.82, 2.24) is 9.97 Å². The molecule has 136 valence electrons. The van der Waals surface area contributed by atoms with Crippen LogP contribution in [0.4, 0.5) is 11.5 Å². The molecule has 0 spiro atoms. The van der Waals surface area contributed by atoms with E-state index in [1.165, 1.54) is 11.2 Å². The van der Waals surface area contributed by atoms with Gasteiger partial charge in [-0.2, -0.15) is 0 Å². The van der Waals surface area contributed by atoms with Crippen LogP contribution in [-0.4, -0.2) is 21.9 Å². The van der Waals surface area contributed by atoms with Gasteiger partial charge in [-0.25, -0.2) is 9.97 Å². The van der Waals surface area contributed by atoms with Crippen molar-refractivity contribution in [3.05, 3.63) is 59.2 Å². The maximum Gasteiger partial charge on any atom is 0.246 e. The molecular formula is C21H20N4OS. The predicted molar refractivity (Wildman–Crippen MR) is 113 cm³/mol. The van der Waals surface area contributed by atoms with E-state index in [0.717, 1.165) is 32.2 Å². The number of amides is 1. The lowest BCUT2D eigenvalue weighted by molar-refractivity contribution is -0.116. The van der Waals surface area contributed by atoms with Gasteiger partial charge in [-0.3, -0.25) is 4.79 Å². The van der Waals surface area contributed by atoms with Crippen LogP contribution in [0.15, 0.2) is 48.8 Å². The number of hydrogen-bond donors (Lipinski definition) is 2. The van der Waals surface area contributed by atoms with Crippen LogP contribution < -0.4 is 10.6 Å². The molecule has 6 heteroatoms. The average Bonchev–Trinajstić information content (AvgIpc) is 2.96. The summed E-state index contributed by atoms with van der Waals surface area (Å²) in [7, 11) is 0. The molecule has 4 rings (SSSR count). The third-order valence-corrected chi connectivity index (χ3v) is 5.84. The first kappa shape index (κ1) is 17.4. The maximum absolute atomic E-state index is 12.7. The van der Waals surface area contributed by atoms with Crippen LogP contribution in [0.1, 0.15) is 17.4 Å². The Morgan fingerprint density at radius 1 is 1.07 bits per heavy atom. The Kier molecular flexibility index (Phi) is 4.49. The zero-order valence-corrected chi connectivity index (χ0v) is 16.2. The Morgan fingerprint density at radius 3 is 2.67 bits per heavy atom. The van der Waals surface area contributed by atoms with Crippen molar-refractivity contribution in [3.63, 3.8) is 0 Å². The Bertz CT molecular complexity index is 1150. The van der Waals surface area contributed by atoms with Gasteiger partial charge in [0.15, 0.2) is 0 Å². The summed E-state index contributed by atoms with van der Waals surface area (Å²) in [6.07, 6.45) is 1.54. The highest BCUT2D eigenvalue weighted by molar-refractivity contribution is 7.18. The number of thiophene rings is 1. The molecule has 1 atom stereocenters. The number of rotatable bonds is 4. The minimum absolute atomic E-state index is 0.110. The van der Waals surface area contributed by atoms with Crippen LogP contribution in [0.3, 0.4) is 0 Å². The van der Waals surface area contributed by atoms with E-state index in [1.807, 2.05) is 43.3 Å². The fourth-order valence-electron chi connectivity index (χ4n) is 3.08. The highest BCUT2D eigenvalue weighted by atomic mass is 32.1. The van der Waals surface area contributed by atoms with Gasteiger partial charge in [-0.1, -0.05) is 30.3 Å². The number of anilines is 2. The van der Waals surface area contributed by atoms with E-state index < -0.39 is 6.04 Å². The summed E-state index contributed by atoms with van der Waals surface area (Å²) in [5.41, 5.74) is 1.93. The molecular weight excluding hydrogens is 356 g/mol. The average molecular weight is 376 g/mol. The highest BCUT2D eigenvalue weighted by Crippen LogP contribution is 2.32. The normalized spacial score (nSPS) is 12.3. The number of carbonyl (C=O) groups is 1. The molecule has 2 aromatic carbocycles. The molecule has 0 radical (unpaired) electrons. The third kappa shape index (κ3) is 3.36. The van der Waals surface area contributed by atoms with E-state index in [0.29, 0.717) is 5.82 Å². The van der Waals surface area contributed by atoms with E-state index in [2.05, 4.69) is 40.5 Å². The van der Waals surface area contributed by atoms with Crippen LogP contribution in [0.25, 0.3) is 21.0 Å². The zero-order valence-electron chi connectivity index (χ0n) is 15.4. The van der Waals surface area contributed by atoms with Crippen molar-refractivity contribution in [2.24, 2.45) is 0 Å². The Balaban J connectivity index is 1.54. The lowest BCUT2D eigenvalue weighted by Gasteiger charge is -2.15. The van der Waals surface area contributed by atoms with E-state index in [4.69, 9.17) is 0 Å². The van der Waals surface area contributed by atoms with Crippen LogP contribution in [-0.2, 0) is 4.79 Å². The number of fused-ring (bicyclic) bond motifs is 2. The molecule has 4 aromatic rings. The second kappa shape index (κ2) is 6.96. The molecule has 1 amide bonds. The minimum atomic E-state index is -0.436. The minimum Gasteiger partial charge on any atom is -0.358 e. The van der Waals surface area contributed by atoms with Gasteiger partial charge in [0.2, 0.25) is 5.91 Å². The molecule has 0 bridgehead atoms.